The molecule has 0 fully saturated rings. The van der Waals surface area contributed by atoms with Gasteiger partial charge in [0, 0.05) is 6.54 Å². The Morgan fingerprint density at radius 3 is 2.61 bits per heavy atom. The number of nitrogens with one attached hydrogen (secondary N) is 1. The van der Waals surface area contributed by atoms with Crippen LogP contribution in [0.3, 0.4) is 0 Å². The first kappa shape index (κ1) is 16.0. The van der Waals surface area contributed by atoms with Gasteiger partial charge in [-0.1, -0.05) is 55.5 Å². The molecule has 3 aromatic rings. The maximum absolute atomic E-state index is 4.55. The molecular formula is C17H23N5S. The lowest BCUT2D eigenvalue weighted by Crippen LogP contribution is -2.33. The summed E-state index contributed by atoms with van der Waals surface area (Å²) in [5.41, 5.74) is 2.33. The van der Waals surface area contributed by atoms with Gasteiger partial charge in [-0.25, -0.2) is 9.50 Å². The molecule has 23 heavy (non-hydrogen) atoms. The smallest absolute Gasteiger partial charge is 0.214 e. The molecule has 2 aromatic heterocycles. The fourth-order valence-corrected chi connectivity index (χ4v) is 3.70. The highest BCUT2D eigenvalue weighted by atomic mass is 32.1. The highest BCUT2D eigenvalue weighted by Crippen LogP contribution is 2.23. The van der Waals surface area contributed by atoms with Gasteiger partial charge in [-0.05, 0) is 25.6 Å². The van der Waals surface area contributed by atoms with Crippen LogP contribution in [0.2, 0.25) is 0 Å². The summed E-state index contributed by atoms with van der Waals surface area (Å²) in [6.45, 7) is 9.29. The van der Waals surface area contributed by atoms with Crippen molar-refractivity contribution in [2.75, 3.05) is 25.0 Å². The van der Waals surface area contributed by atoms with Crippen LogP contribution in [0.5, 0.6) is 0 Å². The van der Waals surface area contributed by atoms with E-state index in [2.05, 4.69) is 64.5 Å². The molecule has 0 radical (unpaired) electrons. The number of benzene rings is 1. The summed E-state index contributed by atoms with van der Waals surface area (Å²) in [7, 11) is 0. The molecule has 122 valence electrons. The van der Waals surface area contributed by atoms with Gasteiger partial charge in [0.05, 0.1) is 17.9 Å². The fourth-order valence-electron chi connectivity index (χ4n) is 2.86. The predicted octanol–water partition coefficient (Wildman–Crippen LogP) is 3.59. The third-order valence-corrected chi connectivity index (χ3v) is 4.93. The third kappa shape index (κ3) is 3.54. The summed E-state index contributed by atoms with van der Waals surface area (Å²) in [5, 5.41) is 8.96. The molecule has 0 saturated heterocycles. The lowest BCUT2D eigenvalue weighted by atomic mass is 10.1. The number of fused-ring (bicyclic) bond motifs is 1. The second-order valence-electron chi connectivity index (χ2n) is 5.55. The van der Waals surface area contributed by atoms with Gasteiger partial charge in [0.25, 0.3) is 0 Å². The summed E-state index contributed by atoms with van der Waals surface area (Å²) in [6, 6.07) is 11.0. The third-order valence-electron chi connectivity index (χ3n) is 4.05. The molecule has 0 amide bonds. The van der Waals surface area contributed by atoms with Crippen molar-refractivity contribution in [1.82, 2.24) is 19.5 Å². The maximum atomic E-state index is 4.55. The molecule has 3 rings (SSSR count). The van der Waals surface area contributed by atoms with E-state index in [4.69, 9.17) is 0 Å². The SMILES string of the molecule is CCN(CC)[C@H](CNc1nn2cc(C)nc2s1)c1ccccc1. The van der Waals surface area contributed by atoms with E-state index in [1.165, 1.54) is 5.56 Å². The number of likely N-dealkylation sites (N-methyl/N-ethyl adjacent to an activating group) is 1. The zero-order chi connectivity index (χ0) is 16.2. The molecule has 5 nitrogen and oxygen atoms in total. The largest absolute Gasteiger partial charge is 0.358 e. The van der Waals surface area contributed by atoms with Gasteiger partial charge < -0.3 is 5.32 Å². The first-order chi connectivity index (χ1) is 11.2. The first-order valence-corrected chi connectivity index (χ1v) is 8.88. The minimum absolute atomic E-state index is 0.337. The van der Waals surface area contributed by atoms with Gasteiger partial charge in [0.1, 0.15) is 0 Å². The molecule has 6 heteroatoms. The van der Waals surface area contributed by atoms with Gasteiger partial charge in [0.15, 0.2) is 0 Å². The summed E-state index contributed by atoms with van der Waals surface area (Å²) < 4.78 is 1.84. The highest BCUT2D eigenvalue weighted by molar-refractivity contribution is 7.20. The van der Waals surface area contributed by atoms with E-state index in [1.54, 1.807) is 11.3 Å². The van der Waals surface area contributed by atoms with Crippen molar-refractivity contribution in [3.63, 3.8) is 0 Å². The lowest BCUT2D eigenvalue weighted by molar-refractivity contribution is 0.228. The molecule has 0 spiro atoms. The van der Waals surface area contributed by atoms with E-state index < -0.39 is 0 Å². The van der Waals surface area contributed by atoms with Crippen molar-refractivity contribution in [3.8, 4) is 0 Å². The van der Waals surface area contributed by atoms with Crippen LogP contribution in [0.1, 0.15) is 31.1 Å². The number of hydrogen-bond acceptors (Lipinski definition) is 5. The lowest BCUT2D eigenvalue weighted by Gasteiger charge is -2.30. The minimum atomic E-state index is 0.337. The standard InChI is InChI=1S/C17H23N5S/c1-4-21(5-2)15(14-9-7-6-8-10-14)11-18-16-20-22-12-13(3)19-17(22)23-16/h6-10,12,15H,4-5,11H2,1-3H3,(H,18,20)/t15-/m1/s1. The number of hydrogen-bond donors (Lipinski definition) is 1. The molecule has 0 aliphatic rings. The Balaban J connectivity index is 1.76. The Morgan fingerprint density at radius 1 is 1.22 bits per heavy atom. The maximum Gasteiger partial charge on any atom is 0.214 e. The van der Waals surface area contributed by atoms with Crippen LogP contribution in [0.25, 0.3) is 4.96 Å². The van der Waals surface area contributed by atoms with Crippen LogP contribution in [0.4, 0.5) is 5.13 Å². The topological polar surface area (TPSA) is 45.5 Å². The van der Waals surface area contributed by atoms with Crippen molar-refractivity contribution >= 4 is 21.4 Å². The van der Waals surface area contributed by atoms with Crippen LogP contribution in [-0.2, 0) is 0 Å². The van der Waals surface area contributed by atoms with Crippen LogP contribution >= 0.6 is 11.3 Å². The van der Waals surface area contributed by atoms with E-state index in [0.717, 1.165) is 35.4 Å². The normalized spacial score (nSPS) is 12.9. The van der Waals surface area contributed by atoms with Gasteiger partial charge in [0.2, 0.25) is 10.1 Å². The Morgan fingerprint density at radius 2 is 1.96 bits per heavy atom. The van der Waals surface area contributed by atoms with Crippen LogP contribution in [0.15, 0.2) is 36.5 Å². The molecule has 1 atom stereocenters. The van der Waals surface area contributed by atoms with E-state index in [-0.39, 0.29) is 0 Å². The Hall–Kier alpha value is -1.92. The van der Waals surface area contributed by atoms with E-state index >= 15 is 0 Å². The van der Waals surface area contributed by atoms with Crippen LogP contribution in [0, 0.1) is 6.92 Å². The van der Waals surface area contributed by atoms with Crippen LogP contribution < -0.4 is 5.32 Å². The molecule has 0 bridgehead atoms. The second-order valence-corrected chi connectivity index (χ2v) is 6.50. The molecular weight excluding hydrogens is 306 g/mol. The van der Waals surface area contributed by atoms with Gasteiger partial charge in [-0.15, -0.1) is 5.10 Å². The van der Waals surface area contributed by atoms with Crippen LogP contribution in [-0.4, -0.2) is 39.1 Å². The zero-order valence-corrected chi connectivity index (χ0v) is 14.7. The Labute approximate surface area is 141 Å². The van der Waals surface area contributed by atoms with E-state index in [9.17, 15) is 0 Å². The average Bonchev–Trinajstić information content (AvgIpc) is 3.09. The Kier molecular flexibility index (Phi) is 4.93. The van der Waals surface area contributed by atoms with Crippen molar-refractivity contribution in [2.45, 2.75) is 26.8 Å². The molecule has 2 heterocycles. The molecule has 0 unspecified atom stereocenters. The minimum Gasteiger partial charge on any atom is -0.358 e. The molecule has 1 aromatic carbocycles. The summed E-state index contributed by atoms with van der Waals surface area (Å²) >= 11 is 1.59. The van der Waals surface area contributed by atoms with Gasteiger partial charge in [-0.2, -0.15) is 0 Å². The molecule has 1 N–H and O–H groups in total. The highest BCUT2D eigenvalue weighted by Gasteiger charge is 2.18. The van der Waals surface area contributed by atoms with E-state index in [1.807, 2.05) is 17.6 Å². The van der Waals surface area contributed by atoms with E-state index in [0.29, 0.717) is 6.04 Å². The first-order valence-electron chi connectivity index (χ1n) is 8.07. The molecule has 0 aliphatic carbocycles. The monoisotopic (exact) mass is 329 g/mol. The number of aryl methyl sites for hydroxylation is 1. The van der Waals surface area contributed by atoms with Crippen molar-refractivity contribution in [1.29, 1.82) is 0 Å². The predicted molar refractivity (Wildman–Crippen MR) is 96.2 cm³/mol. The summed E-state index contributed by atoms with van der Waals surface area (Å²) in [5.74, 6) is 0. The quantitative estimate of drug-likeness (QED) is 0.719. The van der Waals surface area contributed by atoms with Gasteiger partial charge >= 0.3 is 0 Å². The summed E-state index contributed by atoms with van der Waals surface area (Å²) in [6.07, 6.45) is 1.95. The van der Waals surface area contributed by atoms with Crippen molar-refractivity contribution < 1.29 is 0 Å². The van der Waals surface area contributed by atoms with Crippen molar-refractivity contribution in [3.05, 3.63) is 47.8 Å². The number of nitrogens with zero attached hydrogens (tertiary/aromatic N) is 4. The van der Waals surface area contributed by atoms with Crippen molar-refractivity contribution in [2.24, 2.45) is 0 Å². The van der Waals surface area contributed by atoms with Gasteiger partial charge in [-0.3, -0.25) is 4.90 Å². The average molecular weight is 329 g/mol. The number of aromatic nitrogens is 3. The number of rotatable bonds is 7. The molecule has 0 aliphatic heterocycles. The second kappa shape index (κ2) is 7.10. The zero-order valence-electron chi connectivity index (χ0n) is 13.9. The molecule has 0 saturated carbocycles. The number of imidazole rings is 1. The summed E-state index contributed by atoms with van der Waals surface area (Å²) in [4.78, 5) is 7.85. The fraction of sp³-hybridized carbons (Fsp3) is 0.412. The number of anilines is 1. The Bertz CT molecular complexity index is 713.